The molecule has 24 heavy (non-hydrogen) atoms. The van der Waals surface area contributed by atoms with Crippen LogP contribution in [0.15, 0.2) is 64.1 Å². The molecule has 0 aliphatic rings. The maximum atomic E-state index is 12.3. The van der Waals surface area contributed by atoms with Crippen LogP contribution in [0.4, 0.5) is 5.69 Å². The van der Waals surface area contributed by atoms with Crippen molar-refractivity contribution in [2.24, 2.45) is 0 Å². The maximum absolute atomic E-state index is 12.3. The number of amides is 2. The molecule has 0 bridgehead atoms. The normalized spacial score (nSPS) is 11.7. The second-order valence-electron chi connectivity index (χ2n) is 5.29. The van der Waals surface area contributed by atoms with Crippen molar-refractivity contribution in [1.82, 2.24) is 5.32 Å². The van der Waals surface area contributed by atoms with Gasteiger partial charge < -0.3 is 15.1 Å². The quantitative estimate of drug-likeness (QED) is 0.743. The van der Waals surface area contributed by atoms with Gasteiger partial charge in [0.25, 0.3) is 5.91 Å². The lowest BCUT2D eigenvalue weighted by atomic mass is 10.1. The van der Waals surface area contributed by atoms with E-state index in [0.29, 0.717) is 11.3 Å². The molecule has 5 nitrogen and oxygen atoms in total. The van der Waals surface area contributed by atoms with Crippen LogP contribution < -0.4 is 10.6 Å². The maximum Gasteiger partial charge on any atom is 0.255 e. The minimum Gasteiger partial charge on any atom is -0.472 e. The van der Waals surface area contributed by atoms with Crippen molar-refractivity contribution in [2.45, 2.75) is 13.0 Å². The van der Waals surface area contributed by atoms with Crippen molar-refractivity contribution in [3.05, 3.63) is 65.2 Å². The Morgan fingerprint density at radius 2 is 2.04 bits per heavy atom. The smallest absolute Gasteiger partial charge is 0.255 e. The highest BCUT2D eigenvalue weighted by Crippen LogP contribution is 2.24. The Bertz CT molecular complexity index is 826. The molecule has 0 saturated heterocycles. The van der Waals surface area contributed by atoms with E-state index in [0.717, 1.165) is 11.1 Å². The van der Waals surface area contributed by atoms with Gasteiger partial charge in [-0.25, -0.2) is 0 Å². The SMILES string of the molecule is C[C@H](NC(=O)c1ccoc1)C(=O)Nc1cccc(-c2ccsc2)c1. The molecule has 3 rings (SSSR count). The molecule has 2 amide bonds. The van der Waals surface area contributed by atoms with Gasteiger partial charge in [0.1, 0.15) is 12.3 Å². The number of anilines is 1. The number of thiophene rings is 1. The van der Waals surface area contributed by atoms with E-state index < -0.39 is 6.04 Å². The van der Waals surface area contributed by atoms with Crippen molar-refractivity contribution in [3.8, 4) is 11.1 Å². The van der Waals surface area contributed by atoms with Crippen molar-refractivity contribution >= 4 is 28.8 Å². The van der Waals surface area contributed by atoms with E-state index in [1.54, 1.807) is 24.3 Å². The Morgan fingerprint density at radius 1 is 1.17 bits per heavy atom. The van der Waals surface area contributed by atoms with Crippen LogP contribution in [0.1, 0.15) is 17.3 Å². The number of rotatable bonds is 5. The Hall–Kier alpha value is -2.86. The first-order chi connectivity index (χ1) is 11.6. The van der Waals surface area contributed by atoms with Gasteiger partial charge in [0.2, 0.25) is 5.91 Å². The number of hydrogen-bond donors (Lipinski definition) is 2. The van der Waals surface area contributed by atoms with Gasteiger partial charge >= 0.3 is 0 Å². The second-order valence-corrected chi connectivity index (χ2v) is 6.07. The molecule has 0 radical (unpaired) electrons. The number of furan rings is 1. The number of nitrogens with one attached hydrogen (secondary N) is 2. The van der Waals surface area contributed by atoms with Crippen LogP contribution in [-0.2, 0) is 4.79 Å². The highest BCUT2D eigenvalue weighted by molar-refractivity contribution is 7.08. The summed E-state index contributed by atoms with van der Waals surface area (Å²) in [4.78, 5) is 24.2. The lowest BCUT2D eigenvalue weighted by Gasteiger charge is -2.14. The van der Waals surface area contributed by atoms with Crippen LogP contribution in [0.2, 0.25) is 0 Å². The number of carbonyl (C=O) groups excluding carboxylic acids is 2. The van der Waals surface area contributed by atoms with Crippen molar-refractivity contribution < 1.29 is 14.0 Å². The fraction of sp³-hybridized carbons (Fsp3) is 0.111. The molecule has 0 saturated carbocycles. The molecule has 2 heterocycles. The molecule has 2 N–H and O–H groups in total. The van der Waals surface area contributed by atoms with Gasteiger partial charge in [0.15, 0.2) is 0 Å². The van der Waals surface area contributed by atoms with E-state index in [1.807, 2.05) is 35.7 Å². The van der Waals surface area contributed by atoms with Crippen molar-refractivity contribution in [2.75, 3.05) is 5.32 Å². The Labute approximate surface area is 143 Å². The summed E-state index contributed by atoms with van der Waals surface area (Å²) < 4.78 is 4.86. The lowest BCUT2D eigenvalue weighted by molar-refractivity contribution is -0.117. The first-order valence-electron chi connectivity index (χ1n) is 7.40. The van der Waals surface area contributed by atoms with Gasteiger partial charge in [-0.3, -0.25) is 9.59 Å². The molecule has 0 aliphatic heterocycles. The zero-order valence-corrected chi connectivity index (χ0v) is 13.8. The van der Waals surface area contributed by atoms with Crippen molar-refractivity contribution in [3.63, 3.8) is 0 Å². The molecule has 3 aromatic rings. The summed E-state index contributed by atoms with van der Waals surface area (Å²) in [5.41, 5.74) is 3.21. The highest BCUT2D eigenvalue weighted by Gasteiger charge is 2.17. The molecule has 1 atom stereocenters. The highest BCUT2D eigenvalue weighted by atomic mass is 32.1. The van der Waals surface area contributed by atoms with Crippen molar-refractivity contribution in [1.29, 1.82) is 0 Å². The number of carbonyl (C=O) groups is 2. The molecule has 0 fully saturated rings. The predicted octanol–water partition coefficient (Wildman–Crippen LogP) is 3.77. The molecule has 2 aromatic heterocycles. The van der Waals surface area contributed by atoms with E-state index in [9.17, 15) is 9.59 Å². The van der Waals surface area contributed by atoms with Crippen LogP contribution >= 0.6 is 11.3 Å². The Morgan fingerprint density at radius 3 is 2.75 bits per heavy atom. The summed E-state index contributed by atoms with van der Waals surface area (Å²) in [5.74, 6) is -0.632. The molecule has 0 spiro atoms. The summed E-state index contributed by atoms with van der Waals surface area (Å²) in [6.07, 6.45) is 2.75. The first-order valence-corrected chi connectivity index (χ1v) is 8.34. The standard InChI is InChI=1S/C18H16N2O3S/c1-12(19-18(22)14-5-7-23-10-14)17(21)20-16-4-2-3-13(9-16)15-6-8-24-11-15/h2-12H,1H3,(H,19,22)(H,20,21)/t12-/m0/s1. The summed E-state index contributed by atoms with van der Waals surface area (Å²) in [6.45, 7) is 1.63. The molecule has 122 valence electrons. The van der Waals surface area contributed by atoms with Gasteiger partial charge in [-0.1, -0.05) is 12.1 Å². The van der Waals surface area contributed by atoms with Crippen LogP contribution in [0.3, 0.4) is 0 Å². The summed E-state index contributed by atoms with van der Waals surface area (Å²) in [5, 5.41) is 9.51. The average molecular weight is 340 g/mol. The third kappa shape index (κ3) is 3.72. The van der Waals surface area contributed by atoms with Crippen LogP contribution in [0.25, 0.3) is 11.1 Å². The fourth-order valence-electron chi connectivity index (χ4n) is 2.19. The molecule has 6 heteroatoms. The van der Waals surface area contributed by atoms with E-state index in [2.05, 4.69) is 16.0 Å². The van der Waals surface area contributed by atoms with E-state index in [4.69, 9.17) is 4.42 Å². The first kappa shape index (κ1) is 16.0. The molecule has 0 unspecified atom stereocenters. The summed E-state index contributed by atoms with van der Waals surface area (Å²) in [7, 11) is 0. The molecule has 1 aromatic carbocycles. The predicted molar refractivity (Wildman–Crippen MR) is 94.0 cm³/mol. The summed E-state index contributed by atoms with van der Waals surface area (Å²) >= 11 is 1.62. The van der Waals surface area contributed by atoms with Gasteiger partial charge in [0, 0.05) is 5.69 Å². The van der Waals surface area contributed by atoms with E-state index in [1.165, 1.54) is 12.5 Å². The van der Waals surface area contributed by atoms with Crippen LogP contribution in [-0.4, -0.2) is 17.9 Å². The third-order valence-electron chi connectivity index (χ3n) is 3.51. The second kappa shape index (κ2) is 7.14. The number of benzene rings is 1. The summed E-state index contributed by atoms with van der Waals surface area (Å²) in [6, 6.07) is 10.5. The fourth-order valence-corrected chi connectivity index (χ4v) is 2.86. The number of hydrogen-bond acceptors (Lipinski definition) is 4. The zero-order valence-electron chi connectivity index (χ0n) is 13.0. The molecular weight excluding hydrogens is 324 g/mol. The zero-order chi connectivity index (χ0) is 16.9. The van der Waals surface area contributed by atoms with E-state index >= 15 is 0 Å². The minimum atomic E-state index is -0.669. The largest absolute Gasteiger partial charge is 0.472 e. The van der Waals surface area contributed by atoms with Gasteiger partial charge in [0.05, 0.1) is 11.8 Å². The third-order valence-corrected chi connectivity index (χ3v) is 4.19. The van der Waals surface area contributed by atoms with Crippen LogP contribution in [0, 0.1) is 0 Å². The van der Waals surface area contributed by atoms with Gasteiger partial charge in [-0.05, 0) is 53.1 Å². The minimum absolute atomic E-state index is 0.283. The van der Waals surface area contributed by atoms with Gasteiger partial charge in [-0.15, -0.1) is 0 Å². The Balaban J connectivity index is 1.64. The molecular formula is C18H16N2O3S. The monoisotopic (exact) mass is 340 g/mol. The van der Waals surface area contributed by atoms with Gasteiger partial charge in [-0.2, -0.15) is 11.3 Å². The molecule has 0 aliphatic carbocycles. The van der Waals surface area contributed by atoms with E-state index in [-0.39, 0.29) is 11.8 Å². The lowest BCUT2D eigenvalue weighted by Crippen LogP contribution is -2.41. The Kier molecular flexibility index (Phi) is 4.77. The topological polar surface area (TPSA) is 71.3 Å². The van der Waals surface area contributed by atoms with Crippen LogP contribution in [0.5, 0.6) is 0 Å². The average Bonchev–Trinajstić information content (AvgIpc) is 3.28.